The van der Waals surface area contributed by atoms with E-state index in [1.54, 1.807) is 29.1 Å². The van der Waals surface area contributed by atoms with E-state index >= 15 is 0 Å². The van der Waals surface area contributed by atoms with Gasteiger partial charge in [-0.1, -0.05) is 41.4 Å². The van der Waals surface area contributed by atoms with Gasteiger partial charge in [-0.25, -0.2) is 4.68 Å². The molecular weight excluding hydrogens is 377 g/mol. The predicted octanol–water partition coefficient (Wildman–Crippen LogP) is 4.59. The fourth-order valence-electron chi connectivity index (χ4n) is 2.16. The fraction of sp³-hybridized carbons (Fsp3) is 0.111. The maximum atomic E-state index is 12.0. The van der Waals surface area contributed by atoms with Crippen molar-refractivity contribution in [3.63, 3.8) is 0 Å². The number of aromatic nitrogens is 2. The van der Waals surface area contributed by atoms with Crippen molar-refractivity contribution in [2.75, 3.05) is 5.75 Å². The molecular formula is C18H15Cl2N3OS. The maximum Gasteiger partial charge on any atom is 0.230 e. The van der Waals surface area contributed by atoms with Crippen molar-refractivity contribution >= 4 is 40.9 Å². The standard InChI is InChI=1S/C18H15Cl2N3OS/c19-14-6-7-16(20)17(8-14)25-12-18(24)21-9-13-10-22-23(11-13)15-4-2-1-3-5-15/h1-8,10-11H,9,12H2,(H,21,24). The first-order valence-electron chi connectivity index (χ1n) is 7.55. The number of carbonyl (C=O) groups is 1. The van der Waals surface area contributed by atoms with Crippen LogP contribution in [-0.4, -0.2) is 21.4 Å². The normalized spacial score (nSPS) is 10.6. The minimum atomic E-state index is -0.0755. The van der Waals surface area contributed by atoms with Crippen molar-refractivity contribution < 1.29 is 4.79 Å². The Morgan fingerprint density at radius 2 is 1.96 bits per heavy atom. The zero-order valence-electron chi connectivity index (χ0n) is 13.2. The van der Waals surface area contributed by atoms with Gasteiger partial charge in [0.05, 0.1) is 22.7 Å². The number of nitrogens with one attached hydrogen (secondary N) is 1. The van der Waals surface area contributed by atoms with Gasteiger partial charge < -0.3 is 5.32 Å². The topological polar surface area (TPSA) is 46.9 Å². The smallest absolute Gasteiger partial charge is 0.230 e. The molecule has 128 valence electrons. The number of hydrogen-bond donors (Lipinski definition) is 1. The summed E-state index contributed by atoms with van der Waals surface area (Å²) in [6.07, 6.45) is 3.64. The molecule has 3 aromatic rings. The van der Waals surface area contributed by atoms with Gasteiger partial charge in [-0.3, -0.25) is 4.79 Å². The maximum absolute atomic E-state index is 12.0. The summed E-state index contributed by atoms with van der Waals surface area (Å²) in [5, 5.41) is 8.37. The van der Waals surface area contributed by atoms with Gasteiger partial charge in [0, 0.05) is 28.2 Å². The Kier molecular flexibility index (Phi) is 6.02. The number of nitrogens with zero attached hydrogens (tertiary/aromatic N) is 2. The van der Waals surface area contributed by atoms with E-state index in [9.17, 15) is 4.79 Å². The van der Waals surface area contributed by atoms with Gasteiger partial charge >= 0.3 is 0 Å². The number of rotatable bonds is 6. The third-order valence-electron chi connectivity index (χ3n) is 3.40. The summed E-state index contributed by atoms with van der Waals surface area (Å²) in [4.78, 5) is 12.8. The highest BCUT2D eigenvalue weighted by atomic mass is 35.5. The molecule has 0 radical (unpaired) electrons. The summed E-state index contributed by atoms with van der Waals surface area (Å²) in [7, 11) is 0. The Hall–Kier alpha value is -1.95. The van der Waals surface area contributed by atoms with Crippen LogP contribution in [0.3, 0.4) is 0 Å². The van der Waals surface area contributed by atoms with Crippen LogP contribution in [0.4, 0.5) is 0 Å². The molecule has 25 heavy (non-hydrogen) atoms. The molecule has 0 unspecified atom stereocenters. The largest absolute Gasteiger partial charge is 0.351 e. The average Bonchev–Trinajstić information content (AvgIpc) is 3.10. The Morgan fingerprint density at radius 3 is 2.76 bits per heavy atom. The third kappa shape index (κ3) is 5.01. The van der Waals surface area contributed by atoms with Crippen molar-refractivity contribution in [2.24, 2.45) is 0 Å². The highest BCUT2D eigenvalue weighted by Crippen LogP contribution is 2.29. The number of halogens is 2. The molecule has 2 aromatic carbocycles. The number of carbonyl (C=O) groups excluding carboxylic acids is 1. The van der Waals surface area contributed by atoms with Crippen LogP contribution in [0.15, 0.2) is 65.8 Å². The molecule has 0 saturated carbocycles. The molecule has 0 atom stereocenters. The van der Waals surface area contributed by atoms with Crippen molar-refractivity contribution in [3.8, 4) is 5.69 Å². The highest BCUT2D eigenvalue weighted by molar-refractivity contribution is 8.00. The number of benzene rings is 2. The van der Waals surface area contributed by atoms with E-state index in [4.69, 9.17) is 23.2 Å². The molecule has 1 heterocycles. The lowest BCUT2D eigenvalue weighted by Crippen LogP contribution is -2.24. The second kappa shape index (κ2) is 8.43. The Morgan fingerprint density at radius 1 is 1.16 bits per heavy atom. The Labute approximate surface area is 160 Å². The zero-order chi connectivity index (χ0) is 17.6. The quantitative estimate of drug-likeness (QED) is 0.625. The first kappa shape index (κ1) is 17.9. The van der Waals surface area contributed by atoms with E-state index in [1.165, 1.54) is 11.8 Å². The van der Waals surface area contributed by atoms with Crippen LogP contribution in [0, 0.1) is 0 Å². The van der Waals surface area contributed by atoms with Gasteiger partial charge in [-0.05, 0) is 30.3 Å². The molecule has 0 aliphatic carbocycles. The summed E-state index contributed by atoms with van der Waals surface area (Å²) in [6, 6.07) is 15.0. The van der Waals surface area contributed by atoms with Crippen molar-refractivity contribution in [2.45, 2.75) is 11.4 Å². The molecule has 1 amide bonds. The lowest BCUT2D eigenvalue weighted by atomic mass is 10.3. The van der Waals surface area contributed by atoms with Gasteiger partial charge in [0.25, 0.3) is 0 Å². The Balaban J connectivity index is 1.51. The van der Waals surface area contributed by atoms with E-state index in [2.05, 4.69) is 10.4 Å². The molecule has 1 N–H and O–H groups in total. The van der Waals surface area contributed by atoms with Gasteiger partial charge in [-0.15, -0.1) is 11.8 Å². The SMILES string of the molecule is O=C(CSc1cc(Cl)ccc1Cl)NCc1cnn(-c2ccccc2)c1. The van der Waals surface area contributed by atoms with Gasteiger partial charge in [0.1, 0.15) is 0 Å². The average molecular weight is 392 g/mol. The zero-order valence-corrected chi connectivity index (χ0v) is 15.5. The van der Waals surface area contributed by atoms with Crippen LogP contribution in [0.25, 0.3) is 5.69 Å². The van der Waals surface area contributed by atoms with Crippen LogP contribution in [0.5, 0.6) is 0 Å². The van der Waals surface area contributed by atoms with Crippen molar-refractivity contribution in [1.82, 2.24) is 15.1 Å². The van der Waals surface area contributed by atoms with E-state index in [1.807, 2.05) is 36.5 Å². The van der Waals surface area contributed by atoms with Gasteiger partial charge in [0.15, 0.2) is 0 Å². The van der Waals surface area contributed by atoms with Crippen molar-refractivity contribution in [3.05, 3.63) is 76.5 Å². The molecule has 0 spiro atoms. The van der Waals surface area contributed by atoms with Gasteiger partial charge in [0.2, 0.25) is 5.91 Å². The first-order valence-corrected chi connectivity index (χ1v) is 9.29. The summed E-state index contributed by atoms with van der Waals surface area (Å²) in [5.41, 5.74) is 1.91. The summed E-state index contributed by atoms with van der Waals surface area (Å²) in [5.74, 6) is 0.195. The van der Waals surface area contributed by atoms with Crippen LogP contribution in [0.1, 0.15) is 5.56 Å². The molecule has 4 nitrogen and oxygen atoms in total. The molecule has 0 fully saturated rings. The first-order chi connectivity index (χ1) is 12.1. The van der Waals surface area contributed by atoms with Crippen LogP contribution in [0.2, 0.25) is 10.0 Å². The lowest BCUT2D eigenvalue weighted by molar-refractivity contribution is -0.118. The van der Waals surface area contributed by atoms with E-state index in [0.717, 1.165) is 16.1 Å². The number of thioether (sulfide) groups is 1. The van der Waals surface area contributed by atoms with Crippen LogP contribution in [-0.2, 0) is 11.3 Å². The summed E-state index contributed by atoms with van der Waals surface area (Å²) < 4.78 is 1.78. The van der Waals surface area contributed by atoms with E-state index in [0.29, 0.717) is 16.6 Å². The molecule has 7 heteroatoms. The van der Waals surface area contributed by atoms with Crippen LogP contribution >= 0.6 is 35.0 Å². The predicted molar refractivity (Wildman–Crippen MR) is 103 cm³/mol. The molecule has 1 aromatic heterocycles. The van der Waals surface area contributed by atoms with Crippen molar-refractivity contribution in [1.29, 1.82) is 0 Å². The third-order valence-corrected chi connectivity index (χ3v) is 5.13. The number of hydrogen-bond acceptors (Lipinski definition) is 3. The minimum Gasteiger partial charge on any atom is -0.351 e. The summed E-state index contributed by atoms with van der Waals surface area (Å²) >= 11 is 13.4. The Bertz CT molecular complexity index is 868. The highest BCUT2D eigenvalue weighted by Gasteiger charge is 2.08. The molecule has 3 rings (SSSR count). The van der Waals surface area contributed by atoms with Gasteiger partial charge in [-0.2, -0.15) is 5.10 Å². The number of amides is 1. The summed E-state index contributed by atoms with van der Waals surface area (Å²) in [6.45, 7) is 0.426. The minimum absolute atomic E-state index is 0.0755. The lowest BCUT2D eigenvalue weighted by Gasteiger charge is -2.06. The molecule has 0 bridgehead atoms. The second-order valence-electron chi connectivity index (χ2n) is 5.27. The number of para-hydroxylation sites is 1. The monoisotopic (exact) mass is 391 g/mol. The molecule has 0 aliphatic heterocycles. The molecule has 0 aliphatic rings. The second-order valence-corrected chi connectivity index (χ2v) is 7.13. The van der Waals surface area contributed by atoms with Crippen LogP contribution < -0.4 is 5.32 Å². The molecule has 0 saturated heterocycles. The van der Waals surface area contributed by atoms with E-state index in [-0.39, 0.29) is 11.7 Å². The fourth-order valence-corrected chi connectivity index (χ4v) is 3.48. The van der Waals surface area contributed by atoms with E-state index < -0.39 is 0 Å².